The minimum absolute atomic E-state index is 0.0283. The first-order valence-corrected chi connectivity index (χ1v) is 20.9. The van der Waals surface area contributed by atoms with Crippen LogP contribution in [0.3, 0.4) is 0 Å². The lowest BCUT2D eigenvalue weighted by atomic mass is 9.77. The molecular weight excluding hydrogens is 709 g/mol. The van der Waals surface area contributed by atoms with Crippen molar-refractivity contribution in [3.05, 3.63) is 83.6 Å². The van der Waals surface area contributed by atoms with Crippen molar-refractivity contribution in [1.29, 1.82) is 0 Å². The van der Waals surface area contributed by atoms with Gasteiger partial charge in [0.1, 0.15) is 11.6 Å². The second kappa shape index (κ2) is 17.6. The Morgan fingerprint density at radius 3 is 2.33 bits per heavy atom. The summed E-state index contributed by atoms with van der Waals surface area (Å²) in [6.07, 6.45) is 8.27. The molecule has 14 heteroatoms. The number of aryl methyl sites for hydroxylation is 1. The van der Waals surface area contributed by atoms with E-state index in [0.717, 1.165) is 22.9 Å². The average molecular weight is 762 g/mol. The number of aliphatic carboxylic acids is 1. The summed E-state index contributed by atoms with van der Waals surface area (Å²) in [5, 5.41) is 19.8. The molecule has 1 aliphatic carbocycles. The van der Waals surface area contributed by atoms with Gasteiger partial charge >= 0.3 is 5.97 Å². The summed E-state index contributed by atoms with van der Waals surface area (Å²) >= 11 is 0. The smallest absolute Gasteiger partial charge is 0.304 e. The Morgan fingerprint density at radius 2 is 1.67 bits per heavy atom. The predicted octanol–water partition coefficient (Wildman–Crippen LogP) is 4.49. The van der Waals surface area contributed by atoms with Crippen molar-refractivity contribution >= 4 is 47.9 Å². The molecule has 5 rings (SSSR count). The second-order valence-electron chi connectivity index (χ2n) is 15.2. The van der Waals surface area contributed by atoms with Gasteiger partial charge in [0, 0.05) is 37.6 Å². The lowest BCUT2D eigenvalue weighted by Crippen LogP contribution is -2.64. The molecule has 3 aromatic rings. The van der Waals surface area contributed by atoms with Crippen LogP contribution in [0.15, 0.2) is 66.9 Å². The minimum Gasteiger partial charge on any atom is -0.481 e. The van der Waals surface area contributed by atoms with Crippen LogP contribution < -0.4 is 21.7 Å². The number of carbonyl (C=O) groups is 5. The Morgan fingerprint density at radius 1 is 0.963 bits per heavy atom. The van der Waals surface area contributed by atoms with Crippen molar-refractivity contribution in [2.75, 3.05) is 13.2 Å². The highest BCUT2D eigenvalue weighted by atomic mass is 31.2. The lowest BCUT2D eigenvalue weighted by Gasteiger charge is -2.39. The molecule has 1 unspecified atom stereocenters. The SMILES string of the molecule is Cc1ccc2c(ccn2C[C@@H]2C/C=C\C[C@H](c3ccc(CP(C)(=O)O)cc3)[C@H](CC(=O)O)C(=O)NC3(CCCCC3)C(=O)N[C@@H](CC(N)=O)C(=O)NC2)c1. The summed E-state index contributed by atoms with van der Waals surface area (Å²) in [5.74, 6) is -5.62. The monoisotopic (exact) mass is 761 g/mol. The first kappa shape index (κ1) is 40.4. The van der Waals surface area contributed by atoms with E-state index in [9.17, 15) is 38.5 Å². The number of nitrogens with one attached hydrogen (secondary N) is 3. The maximum absolute atomic E-state index is 14.4. The van der Waals surface area contributed by atoms with Crippen LogP contribution in [0.5, 0.6) is 0 Å². The van der Waals surface area contributed by atoms with E-state index in [0.29, 0.717) is 43.4 Å². The standard InChI is InChI=1S/C40H52N5O8P/c1-26-10-15-34-30(20-26)16-19-45(34)24-28-8-4-5-9-31(29-13-11-27(12-14-29)25-54(2,52)53)32(21-36(47)48)37(49)44-40(17-6-3-7-18-40)39(51)43-33(22-35(41)46)38(50)42-23-28/h4-5,10-16,19-20,28,31-33H,3,6-9,17-18,21-25H2,1-2H3,(H2,41,46)(H,42,50)(H,43,51)(H,44,49)(H,47,48)(H,52,53)/b5-4-/t28-,31-,32+,33+/m1/s1. The fourth-order valence-corrected chi connectivity index (χ4v) is 8.71. The molecule has 1 aliphatic heterocycles. The molecular formula is C40H52N5O8P. The van der Waals surface area contributed by atoms with Crippen LogP contribution in [0.2, 0.25) is 0 Å². The number of aromatic nitrogens is 1. The first-order chi connectivity index (χ1) is 25.6. The molecule has 1 fully saturated rings. The normalized spacial score (nSPS) is 24.5. The number of primary amides is 1. The topological polar surface area (TPSA) is 210 Å². The van der Waals surface area contributed by atoms with E-state index in [2.05, 4.69) is 32.7 Å². The van der Waals surface area contributed by atoms with E-state index in [1.54, 1.807) is 24.3 Å². The van der Waals surface area contributed by atoms with Gasteiger partial charge in [-0.2, -0.15) is 0 Å². The van der Waals surface area contributed by atoms with Crippen molar-refractivity contribution in [3.8, 4) is 0 Å². The minimum atomic E-state index is -3.35. The van der Waals surface area contributed by atoms with Gasteiger partial charge in [-0.25, -0.2) is 0 Å². The van der Waals surface area contributed by atoms with Crippen molar-refractivity contribution in [2.45, 2.75) is 94.9 Å². The van der Waals surface area contributed by atoms with Crippen molar-refractivity contribution < 1.29 is 38.5 Å². The molecule has 0 radical (unpaired) electrons. The maximum Gasteiger partial charge on any atom is 0.304 e. The van der Waals surface area contributed by atoms with Gasteiger partial charge in [-0.05, 0) is 79.2 Å². The largest absolute Gasteiger partial charge is 0.481 e. The zero-order valence-electron chi connectivity index (χ0n) is 31.0. The van der Waals surface area contributed by atoms with Crippen LogP contribution in [0, 0.1) is 18.8 Å². The molecule has 13 nitrogen and oxygen atoms in total. The number of allylic oxidation sites excluding steroid dienone is 2. The summed E-state index contributed by atoms with van der Waals surface area (Å²) in [6, 6.07) is 13.9. The Labute approximate surface area is 315 Å². The molecule has 2 aromatic carbocycles. The van der Waals surface area contributed by atoms with E-state index in [-0.39, 0.29) is 31.5 Å². The van der Waals surface area contributed by atoms with Crippen LogP contribution in [0.4, 0.5) is 0 Å². The molecule has 1 aromatic heterocycles. The number of carboxylic acid groups (broad SMARTS) is 1. The second-order valence-corrected chi connectivity index (χ2v) is 17.6. The van der Waals surface area contributed by atoms with Crippen LogP contribution in [-0.2, 0) is 41.2 Å². The van der Waals surface area contributed by atoms with Gasteiger partial charge in [-0.1, -0.05) is 67.3 Å². The molecule has 2 aliphatic rings. The van der Waals surface area contributed by atoms with Crippen molar-refractivity contribution in [3.63, 3.8) is 0 Å². The third kappa shape index (κ3) is 10.7. The number of hydrogen-bond acceptors (Lipinski definition) is 6. The van der Waals surface area contributed by atoms with Crippen LogP contribution in [0.25, 0.3) is 10.9 Å². The van der Waals surface area contributed by atoms with E-state index < -0.39 is 73.2 Å². The third-order valence-corrected chi connectivity index (χ3v) is 11.6. The Balaban J connectivity index is 1.55. The quantitative estimate of drug-likeness (QED) is 0.135. The van der Waals surface area contributed by atoms with Gasteiger partial charge in [0.05, 0.1) is 18.8 Å². The number of carbonyl (C=O) groups excluding carboxylic acids is 4. The van der Waals surface area contributed by atoms with Gasteiger partial charge in [0.25, 0.3) is 0 Å². The fourth-order valence-electron chi connectivity index (χ4n) is 7.83. The highest BCUT2D eigenvalue weighted by molar-refractivity contribution is 7.56. The maximum atomic E-state index is 14.4. The van der Waals surface area contributed by atoms with Gasteiger partial charge in [-0.3, -0.25) is 28.5 Å². The zero-order chi connectivity index (χ0) is 39.0. The fraction of sp³-hybridized carbons (Fsp3) is 0.475. The number of rotatable bonds is 9. The van der Waals surface area contributed by atoms with Crippen LogP contribution in [-0.4, -0.2) is 69.0 Å². The summed E-state index contributed by atoms with van der Waals surface area (Å²) in [6.45, 7) is 4.07. The third-order valence-electron chi connectivity index (χ3n) is 10.6. The summed E-state index contributed by atoms with van der Waals surface area (Å²) in [5.41, 5.74) is 7.58. The van der Waals surface area contributed by atoms with Gasteiger partial charge in [-0.15, -0.1) is 0 Å². The number of nitrogens with two attached hydrogens (primary N) is 1. The molecule has 4 amide bonds. The Kier molecular flexibility index (Phi) is 13.2. The van der Waals surface area contributed by atoms with Crippen LogP contribution in [0.1, 0.15) is 80.4 Å². The number of fused-ring (bicyclic) bond motifs is 1. The Hall–Kier alpha value is -4.74. The highest BCUT2D eigenvalue weighted by Gasteiger charge is 2.45. The highest BCUT2D eigenvalue weighted by Crippen LogP contribution is 2.40. The lowest BCUT2D eigenvalue weighted by molar-refractivity contribution is -0.144. The molecule has 7 N–H and O–H groups in total. The molecule has 290 valence electrons. The summed E-state index contributed by atoms with van der Waals surface area (Å²) in [4.78, 5) is 76.7. The number of carboxylic acids is 1. The number of amides is 4. The van der Waals surface area contributed by atoms with E-state index in [1.807, 2.05) is 37.4 Å². The first-order valence-electron chi connectivity index (χ1n) is 18.6. The average Bonchev–Trinajstić information content (AvgIpc) is 3.49. The summed E-state index contributed by atoms with van der Waals surface area (Å²) in [7, 11) is -3.35. The molecule has 1 spiro atoms. The summed E-state index contributed by atoms with van der Waals surface area (Å²) < 4.78 is 14.2. The number of nitrogens with zero attached hydrogens (tertiary/aromatic N) is 1. The van der Waals surface area contributed by atoms with Crippen molar-refractivity contribution in [1.82, 2.24) is 20.5 Å². The van der Waals surface area contributed by atoms with Crippen molar-refractivity contribution in [2.24, 2.45) is 17.6 Å². The van der Waals surface area contributed by atoms with Crippen LogP contribution >= 0.6 is 7.37 Å². The Bertz CT molecular complexity index is 1930. The van der Waals surface area contributed by atoms with E-state index in [1.165, 1.54) is 6.66 Å². The molecule has 0 saturated heterocycles. The molecule has 5 atom stereocenters. The molecule has 2 heterocycles. The zero-order valence-corrected chi connectivity index (χ0v) is 31.9. The number of benzene rings is 2. The predicted molar refractivity (Wildman–Crippen MR) is 206 cm³/mol. The number of hydrogen-bond donors (Lipinski definition) is 6. The van der Waals surface area contributed by atoms with E-state index >= 15 is 0 Å². The van der Waals surface area contributed by atoms with Gasteiger partial charge < -0.3 is 36.3 Å². The molecule has 0 bridgehead atoms. The molecule has 54 heavy (non-hydrogen) atoms. The molecule has 1 saturated carbocycles. The van der Waals surface area contributed by atoms with Gasteiger partial charge in [0.2, 0.25) is 31.0 Å². The van der Waals surface area contributed by atoms with Gasteiger partial charge in [0.15, 0.2) is 0 Å². The van der Waals surface area contributed by atoms with E-state index in [4.69, 9.17) is 5.73 Å².